The van der Waals surface area contributed by atoms with Gasteiger partial charge in [-0.05, 0) is 51.5 Å². The molecule has 184 valence electrons. The van der Waals surface area contributed by atoms with Gasteiger partial charge in [-0.1, -0.05) is 37.9 Å². The van der Waals surface area contributed by atoms with Crippen molar-refractivity contribution >= 4 is 40.7 Å². The van der Waals surface area contributed by atoms with Crippen molar-refractivity contribution in [1.82, 2.24) is 10.2 Å². The molecule has 0 radical (unpaired) electrons. The van der Waals surface area contributed by atoms with Gasteiger partial charge in [0.05, 0.1) is 12.0 Å². The topological polar surface area (TPSA) is 82.1 Å². The van der Waals surface area contributed by atoms with Crippen molar-refractivity contribution in [1.29, 1.82) is 0 Å². The Bertz CT molecular complexity index is 1060. The number of carbonyl (C=O) groups excluding carboxylic acids is 3. The Morgan fingerprint density at radius 1 is 1.21 bits per heavy atom. The first kappa shape index (κ1) is 25.9. The van der Waals surface area contributed by atoms with Gasteiger partial charge in [0.1, 0.15) is 0 Å². The summed E-state index contributed by atoms with van der Waals surface area (Å²) in [5, 5.41) is 3.36. The Kier molecular flexibility index (Phi) is 7.56. The number of allylic oxidation sites excluding steroid dienone is 1. The zero-order chi connectivity index (χ0) is 25.4. The van der Waals surface area contributed by atoms with E-state index in [1.807, 2.05) is 51.7 Å². The van der Waals surface area contributed by atoms with Crippen LogP contribution in [0.25, 0.3) is 0 Å². The summed E-state index contributed by atoms with van der Waals surface area (Å²) < 4.78 is 0. The van der Waals surface area contributed by atoms with Crippen LogP contribution in [0.15, 0.2) is 28.8 Å². The molecule has 0 bridgehead atoms. The van der Waals surface area contributed by atoms with Gasteiger partial charge in [0.15, 0.2) is 0 Å². The number of rotatable bonds is 6. The van der Waals surface area contributed by atoms with E-state index in [4.69, 9.17) is 11.6 Å². The van der Waals surface area contributed by atoms with Crippen molar-refractivity contribution in [3.63, 3.8) is 0 Å². The number of aliphatic imine (C=N–C) groups is 1. The number of hydrogen-bond donors (Lipinski definition) is 1. The van der Waals surface area contributed by atoms with Crippen molar-refractivity contribution in [3.05, 3.63) is 39.9 Å². The minimum atomic E-state index is -0.458. The number of carbonyl (C=O) groups is 3. The van der Waals surface area contributed by atoms with E-state index in [9.17, 15) is 14.4 Å². The average Bonchev–Trinajstić information content (AvgIpc) is 2.69. The van der Waals surface area contributed by atoms with Gasteiger partial charge in [-0.25, -0.2) is 4.99 Å². The van der Waals surface area contributed by atoms with E-state index >= 15 is 0 Å². The lowest BCUT2D eigenvalue weighted by molar-refractivity contribution is -0.144. The fourth-order valence-corrected chi connectivity index (χ4v) is 4.78. The number of dihydropyridines is 1. The molecule has 34 heavy (non-hydrogen) atoms. The van der Waals surface area contributed by atoms with Crippen molar-refractivity contribution in [2.45, 2.75) is 54.5 Å². The lowest BCUT2D eigenvalue weighted by Gasteiger charge is -2.48. The molecule has 1 N–H and O–H groups in total. The first-order valence-corrected chi connectivity index (χ1v) is 12.1. The quantitative estimate of drug-likeness (QED) is 0.658. The Morgan fingerprint density at radius 3 is 2.41 bits per heavy atom. The molecule has 1 aromatic carbocycles. The molecular formula is C26H35ClN4O3. The van der Waals surface area contributed by atoms with Gasteiger partial charge in [0.2, 0.25) is 5.91 Å². The summed E-state index contributed by atoms with van der Waals surface area (Å²) in [7, 11) is 0. The molecule has 7 nitrogen and oxygen atoms in total. The normalized spacial score (nSPS) is 18.8. The average molecular weight is 487 g/mol. The maximum atomic E-state index is 13.1. The largest absolute Gasteiger partial charge is 0.365 e. The molecule has 1 atom stereocenters. The molecule has 0 aromatic heterocycles. The molecule has 1 fully saturated rings. The van der Waals surface area contributed by atoms with Gasteiger partial charge in [0, 0.05) is 53.6 Å². The standard InChI is InChI=1S/C26H35ClN4O3/c1-8-31(19-13-30(14-19)25(34)26(5,6)7)22-11-18(27)10-20(17(22)4)23(32)28-12-21-15(2)9-16(3)29-24(21)33/h9-11,19,21H,8,12-14H2,1-7H3,(H,28,32). The number of halogens is 1. The molecule has 2 aliphatic rings. The zero-order valence-electron chi connectivity index (χ0n) is 21.2. The Labute approximate surface area is 207 Å². The minimum absolute atomic E-state index is 0.142. The number of nitrogens with one attached hydrogen (secondary N) is 1. The first-order valence-electron chi connectivity index (χ1n) is 11.7. The second-order valence-electron chi connectivity index (χ2n) is 10.2. The van der Waals surface area contributed by atoms with Crippen molar-refractivity contribution < 1.29 is 14.4 Å². The lowest BCUT2D eigenvalue weighted by Crippen LogP contribution is -2.63. The van der Waals surface area contributed by atoms with Crippen LogP contribution in [0.1, 0.15) is 57.5 Å². The minimum Gasteiger partial charge on any atom is -0.365 e. The van der Waals surface area contributed by atoms with E-state index in [1.165, 1.54) is 0 Å². The highest BCUT2D eigenvalue weighted by atomic mass is 35.5. The number of likely N-dealkylation sites (tertiary alicyclic amines) is 1. The van der Waals surface area contributed by atoms with Gasteiger partial charge in [-0.2, -0.15) is 0 Å². The predicted molar refractivity (Wildman–Crippen MR) is 137 cm³/mol. The third kappa shape index (κ3) is 5.35. The van der Waals surface area contributed by atoms with Gasteiger partial charge < -0.3 is 15.1 Å². The summed E-state index contributed by atoms with van der Waals surface area (Å²) in [4.78, 5) is 46.0. The number of anilines is 1. The Hall–Kier alpha value is -2.67. The van der Waals surface area contributed by atoms with Crippen LogP contribution in [0, 0.1) is 18.3 Å². The van der Waals surface area contributed by atoms with E-state index in [2.05, 4.69) is 22.1 Å². The van der Waals surface area contributed by atoms with Gasteiger partial charge in [-0.3, -0.25) is 14.4 Å². The molecule has 0 spiro atoms. The summed E-state index contributed by atoms with van der Waals surface area (Å²) in [5.41, 5.74) is 3.35. The van der Waals surface area contributed by atoms with E-state index in [-0.39, 0.29) is 30.3 Å². The number of benzene rings is 1. The highest BCUT2D eigenvalue weighted by Gasteiger charge is 2.39. The number of likely N-dealkylation sites (N-methyl/N-ethyl adjacent to an activating group) is 1. The first-order chi connectivity index (χ1) is 15.8. The molecular weight excluding hydrogens is 452 g/mol. The fourth-order valence-electron chi connectivity index (χ4n) is 4.56. The monoisotopic (exact) mass is 486 g/mol. The van der Waals surface area contributed by atoms with E-state index in [1.54, 1.807) is 13.0 Å². The summed E-state index contributed by atoms with van der Waals surface area (Å²) in [5.74, 6) is -0.830. The van der Waals surface area contributed by atoms with E-state index in [0.717, 1.165) is 23.4 Å². The summed E-state index contributed by atoms with van der Waals surface area (Å²) >= 11 is 6.43. The third-order valence-electron chi connectivity index (χ3n) is 6.51. The fraction of sp³-hybridized carbons (Fsp3) is 0.538. The van der Waals surface area contributed by atoms with Crippen molar-refractivity contribution in [3.8, 4) is 0 Å². The summed E-state index contributed by atoms with van der Waals surface area (Å²) in [6.45, 7) is 15.6. The van der Waals surface area contributed by atoms with Crippen LogP contribution >= 0.6 is 11.6 Å². The maximum absolute atomic E-state index is 13.1. The highest BCUT2D eigenvalue weighted by molar-refractivity contribution is 6.31. The number of nitrogens with zero attached hydrogens (tertiary/aromatic N) is 3. The van der Waals surface area contributed by atoms with Crippen LogP contribution in [-0.2, 0) is 9.59 Å². The smallest absolute Gasteiger partial charge is 0.254 e. The molecule has 2 heterocycles. The Morgan fingerprint density at radius 2 is 1.85 bits per heavy atom. The molecule has 3 amide bonds. The van der Waals surface area contributed by atoms with Crippen LogP contribution in [0.4, 0.5) is 5.69 Å². The molecule has 3 rings (SSSR count). The summed E-state index contributed by atoms with van der Waals surface area (Å²) in [6.07, 6.45) is 1.87. The van der Waals surface area contributed by atoms with Crippen LogP contribution < -0.4 is 10.2 Å². The number of amides is 3. The van der Waals surface area contributed by atoms with E-state index in [0.29, 0.717) is 29.4 Å². The van der Waals surface area contributed by atoms with Crippen LogP contribution in [-0.4, -0.2) is 60.6 Å². The Balaban J connectivity index is 1.75. The highest BCUT2D eigenvalue weighted by Crippen LogP contribution is 2.33. The molecule has 2 aliphatic heterocycles. The van der Waals surface area contributed by atoms with Crippen molar-refractivity contribution in [2.75, 3.05) is 31.1 Å². The molecule has 0 aliphatic carbocycles. The molecule has 0 saturated carbocycles. The second kappa shape index (κ2) is 9.90. The lowest BCUT2D eigenvalue weighted by atomic mass is 9.91. The van der Waals surface area contributed by atoms with E-state index < -0.39 is 11.3 Å². The third-order valence-corrected chi connectivity index (χ3v) is 6.73. The van der Waals surface area contributed by atoms with Gasteiger partial charge >= 0.3 is 0 Å². The van der Waals surface area contributed by atoms with Gasteiger partial charge in [-0.15, -0.1) is 0 Å². The molecule has 1 unspecified atom stereocenters. The molecule has 1 saturated heterocycles. The van der Waals surface area contributed by atoms with Crippen molar-refractivity contribution in [2.24, 2.45) is 16.3 Å². The van der Waals surface area contributed by atoms with Gasteiger partial charge in [0.25, 0.3) is 11.8 Å². The second-order valence-corrected chi connectivity index (χ2v) is 10.7. The van der Waals surface area contributed by atoms with Crippen LogP contribution in [0.3, 0.4) is 0 Å². The number of hydrogen-bond acceptors (Lipinski definition) is 4. The van der Waals surface area contributed by atoms with Crippen LogP contribution in [0.5, 0.6) is 0 Å². The zero-order valence-corrected chi connectivity index (χ0v) is 21.9. The maximum Gasteiger partial charge on any atom is 0.254 e. The van der Waals surface area contributed by atoms with Crippen LogP contribution in [0.2, 0.25) is 5.02 Å². The molecule has 8 heteroatoms. The predicted octanol–water partition coefficient (Wildman–Crippen LogP) is 4.03. The summed E-state index contributed by atoms with van der Waals surface area (Å²) in [6, 6.07) is 3.70. The SMILES string of the molecule is CCN(c1cc(Cl)cc(C(=O)NCC2C(=O)N=C(C)C=C2C)c1C)C1CN(C(=O)C(C)(C)C)C1. The molecule has 1 aromatic rings.